The minimum Gasteiger partial charge on any atom is -0.488 e. The Morgan fingerprint density at radius 3 is 2.41 bits per heavy atom. The number of para-hydroxylation sites is 1. The van der Waals surface area contributed by atoms with Crippen LogP contribution in [0.25, 0.3) is 11.5 Å². The van der Waals surface area contributed by atoms with Crippen LogP contribution in [0.5, 0.6) is 5.75 Å². The Bertz CT molecular complexity index is 1080. The number of nitrogens with zero attached hydrogens (tertiary/aromatic N) is 4. The van der Waals surface area contributed by atoms with Crippen molar-refractivity contribution in [1.29, 1.82) is 0 Å². The molecule has 4 rings (SSSR count). The molecule has 0 saturated carbocycles. The lowest BCUT2D eigenvalue weighted by Gasteiger charge is -2.34. The van der Waals surface area contributed by atoms with Gasteiger partial charge >= 0.3 is 6.18 Å². The highest BCUT2D eigenvalue weighted by Gasteiger charge is 2.35. The van der Waals surface area contributed by atoms with Gasteiger partial charge in [-0.1, -0.05) is 29.4 Å². The fourth-order valence-corrected chi connectivity index (χ4v) is 3.77. The summed E-state index contributed by atoms with van der Waals surface area (Å²) in [6, 6.07) is 11.1. The molecule has 1 atom stereocenters. The van der Waals surface area contributed by atoms with Crippen molar-refractivity contribution in [2.45, 2.75) is 18.8 Å². The van der Waals surface area contributed by atoms with Gasteiger partial charge in [0.25, 0.3) is 5.89 Å². The molecule has 3 aromatic rings. The molecule has 0 radical (unpaired) electrons. The average Bonchev–Trinajstić information content (AvgIpc) is 3.28. The van der Waals surface area contributed by atoms with E-state index in [1.165, 1.54) is 30.3 Å². The number of halogens is 4. The molecule has 34 heavy (non-hydrogen) atoms. The van der Waals surface area contributed by atoms with E-state index < -0.39 is 23.7 Å². The first-order valence-electron chi connectivity index (χ1n) is 10.8. The van der Waals surface area contributed by atoms with E-state index in [1.807, 2.05) is 0 Å². The van der Waals surface area contributed by atoms with E-state index in [4.69, 9.17) is 9.26 Å². The first kappa shape index (κ1) is 24.1. The number of ether oxygens (including phenoxy) is 1. The third-order valence-corrected chi connectivity index (χ3v) is 5.50. The van der Waals surface area contributed by atoms with Crippen molar-refractivity contribution in [3.05, 3.63) is 65.7 Å². The number of aliphatic hydroxyl groups excluding tert-OH is 1. The summed E-state index contributed by atoms with van der Waals surface area (Å²) in [6.07, 6.45) is -5.30. The largest absolute Gasteiger partial charge is 0.488 e. The zero-order valence-corrected chi connectivity index (χ0v) is 18.2. The zero-order chi connectivity index (χ0) is 24.1. The Kier molecular flexibility index (Phi) is 7.44. The summed E-state index contributed by atoms with van der Waals surface area (Å²) in [6.45, 7) is 3.34. The summed E-state index contributed by atoms with van der Waals surface area (Å²) in [5, 5.41) is 14.1. The molecule has 1 N–H and O–H groups in total. The second kappa shape index (κ2) is 10.5. The van der Waals surface area contributed by atoms with E-state index in [0.717, 1.165) is 6.07 Å². The number of alkyl halides is 3. The summed E-state index contributed by atoms with van der Waals surface area (Å²) in [7, 11) is 0. The molecule has 7 nitrogen and oxygen atoms in total. The lowest BCUT2D eigenvalue weighted by Crippen LogP contribution is -2.48. The fourth-order valence-electron chi connectivity index (χ4n) is 3.77. The highest BCUT2D eigenvalue weighted by molar-refractivity contribution is 5.59. The standard InChI is InChI=1S/C23H24F4N4O3/c24-19-7-3-4-8-20(19)33-15-16(32)13-30-9-11-31(12-10-30)14-21-28-22(34-29-21)17-5-1-2-6-18(17)23(25,26)27/h1-8,16,32H,9-15H2/t16-/m1/s1. The number of β-amino-alcohol motifs (C(OH)–C–C–N with tert-alkyl or cyclic N) is 1. The van der Waals surface area contributed by atoms with Gasteiger partial charge in [-0.3, -0.25) is 9.80 Å². The van der Waals surface area contributed by atoms with Gasteiger partial charge < -0.3 is 14.4 Å². The number of hydrogen-bond donors (Lipinski definition) is 1. The summed E-state index contributed by atoms with van der Waals surface area (Å²) >= 11 is 0. The van der Waals surface area contributed by atoms with Crippen molar-refractivity contribution in [2.24, 2.45) is 0 Å². The molecule has 11 heteroatoms. The maximum absolute atomic E-state index is 13.6. The number of aliphatic hydroxyl groups is 1. The Hall–Kier alpha value is -3.02. The predicted molar refractivity (Wildman–Crippen MR) is 114 cm³/mol. The number of aromatic nitrogens is 2. The van der Waals surface area contributed by atoms with Crippen LogP contribution < -0.4 is 4.74 Å². The molecule has 1 fully saturated rings. The van der Waals surface area contributed by atoms with Crippen molar-refractivity contribution in [1.82, 2.24) is 19.9 Å². The summed E-state index contributed by atoms with van der Waals surface area (Å²) in [4.78, 5) is 8.28. The molecule has 0 spiro atoms. The van der Waals surface area contributed by atoms with E-state index >= 15 is 0 Å². The van der Waals surface area contributed by atoms with Gasteiger partial charge in [0, 0.05) is 32.7 Å². The van der Waals surface area contributed by atoms with Gasteiger partial charge in [-0.2, -0.15) is 18.2 Å². The van der Waals surface area contributed by atoms with Crippen LogP contribution in [0.3, 0.4) is 0 Å². The molecule has 1 aromatic heterocycles. The van der Waals surface area contributed by atoms with E-state index in [-0.39, 0.29) is 23.8 Å². The SMILES string of the molecule is O[C@@H](COc1ccccc1F)CN1CCN(Cc2noc(-c3ccccc3C(F)(F)F)n2)CC1. The highest BCUT2D eigenvalue weighted by Crippen LogP contribution is 2.36. The van der Waals surface area contributed by atoms with E-state index in [9.17, 15) is 22.7 Å². The van der Waals surface area contributed by atoms with Crippen LogP contribution >= 0.6 is 0 Å². The average molecular weight is 480 g/mol. The molecule has 0 aliphatic carbocycles. The molecule has 2 aromatic carbocycles. The molecule has 0 unspecified atom stereocenters. The van der Waals surface area contributed by atoms with Gasteiger partial charge in [-0.05, 0) is 24.3 Å². The minimum atomic E-state index is -4.52. The normalized spacial score (nSPS) is 16.5. The maximum Gasteiger partial charge on any atom is 0.417 e. The first-order chi connectivity index (χ1) is 16.3. The van der Waals surface area contributed by atoms with E-state index in [1.54, 1.807) is 12.1 Å². The molecule has 182 valence electrons. The number of rotatable bonds is 8. The van der Waals surface area contributed by atoms with Crippen LogP contribution in [0.1, 0.15) is 11.4 Å². The van der Waals surface area contributed by atoms with Crippen molar-refractivity contribution in [3.63, 3.8) is 0 Å². The number of hydrogen-bond acceptors (Lipinski definition) is 7. The quantitative estimate of drug-likeness (QED) is 0.495. The monoisotopic (exact) mass is 480 g/mol. The van der Waals surface area contributed by atoms with Crippen LogP contribution in [0, 0.1) is 5.82 Å². The van der Waals surface area contributed by atoms with Crippen LogP contribution in [0.15, 0.2) is 53.1 Å². The van der Waals surface area contributed by atoms with Gasteiger partial charge in [0.05, 0.1) is 17.7 Å². The van der Waals surface area contributed by atoms with Crippen molar-refractivity contribution < 1.29 is 31.9 Å². The van der Waals surface area contributed by atoms with Crippen molar-refractivity contribution in [2.75, 3.05) is 39.3 Å². The second-order valence-electron chi connectivity index (χ2n) is 8.03. The Labute approximate surface area is 193 Å². The fraction of sp³-hybridized carbons (Fsp3) is 0.391. The van der Waals surface area contributed by atoms with Gasteiger partial charge in [0.15, 0.2) is 17.4 Å². The van der Waals surface area contributed by atoms with Gasteiger partial charge in [-0.25, -0.2) is 4.39 Å². The molecule has 1 aliphatic rings. The van der Waals surface area contributed by atoms with Crippen LogP contribution in [-0.2, 0) is 12.7 Å². The smallest absolute Gasteiger partial charge is 0.417 e. The Morgan fingerprint density at radius 2 is 1.68 bits per heavy atom. The molecule has 0 bridgehead atoms. The van der Waals surface area contributed by atoms with Crippen LogP contribution in [-0.4, -0.2) is 70.5 Å². The van der Waals surface area contributed by atoms with E-state index in [0.29, 0.717) is 45.1 Å². The Morgan fingerprint density at radius 1 is 1.00 bits per heavy atom. The van der Waals surface area contributed by atoms with Crippen LogP contribution in [0.2, 0.25) is 0 Å². The highest BCUT2D eigenvalue weighted by atomic mass is 19.4. The molecule has 1 aliphatic heterocycles. The second-order valence-corrected chi connectivity index (χ2v) is 8.03. The predicted octanol–water partition coefficient (Wildman–Crippen LogP) is 3.45. The van der Waals surface area contributed by atoms with Crippen molar-refractivity contribution in [3.8, 4) is 17.2 Å². The lowest BCUT2D eigenvalue weighted by atomic mass is 10.1. The first-order valence-corrected chi connectivity index (χ1v) is 10.8. The summed E-state index contributed by atoms with van der Waals surface area (Å²) in [5.41, 5.74) is -0.971. The van der Waals surface area contributed by atoms with Gasteiger partial charge in [0.1, 0.15) is 12.7 Å². The van der Waals surface area contributed by atoms with Gasteiger partial charge in [-0.15, -0.1) is 0 Å². The summed E-state index contributed by atoms with van der Waals surface area (Å²) < 4.78 is 63.8. The number of benzene rings is 2. The van der Waals surface area contributed by atoms with E-state index in [2.05, 4.69) is 19.9 Å². The third kappa shape index (κ3) is 6.10. The molecule has 0 amide bonds. The number of piperazine rings is 1. The minimum absolute atomic E-state index is 0.0216. The van der Waals surface area contributed by atoms with Gasteiger partial charge in [0.2, 0.25) is 0 Å². The molecular weight excluding hydrogens is 456 g/mol. The zero-order valence-electron chi connectivity index (χ0n) is 18.2. The lowest BCUT2D eigenvalue weighted by molar-refractivity contribution is -0.137. The topological polar surface area (TPSA) is 74.9 Å². The Balaban J connectivity index is 1.25. The molecule has 2 heterocycles. The maximum atomic E-state index is 13.6. The molecule has 1 saturated heterocycles. The molecular formula is C23H24F4N4O3. The van der Waals surface area contributed by atoms with Crippen LogP contribution in [0.4, 0.5) is 17.6 Å². The van der Waals surface area contributed by atoms with Crippen molar-refractivity contribution >= 4 is 0 Å². The third-order valence-electron chi connectivity index (χ3n) is 5.50. The summed E-state index contributed by atoms with van der Waals surface area (Å²) in [5.74, 6) is -0.239.